The monoisotopic (exact) mass is 356 g/mol. The Morgan fingerprint density at radius 3 is 1.59 bits per heavy atom. The number of hydrogen-bond donors (Lipinski definition) is 3. The minimum Gasteiger partial charge on any atom is -0.460 e. The molecule has 7 nitrogen and oxygen atoms in total. The second-order valence-electron chi connectivity index (χ2n) is 3.84. The molecular weight excluding hydrogens is 332 g/mol. The molecule has 0 atom stereocenters. The van der Waals surface area contributed by atoms with Gasteiger partial charge in [0.05, 0.1) is 59.5 Å². The van der Waals surface area contributed by atoms with Crippen molar-refractivity contribution in [2.45, 2.75) is 0 Å². The maximum atomic E-state index is 11.1. The molecule has 0 saturated carbocycles. The number of rotatable bonds is 15. The summed E-state index contributed by atoms with van der Waals surface area (Å²) in [5, 5.41) is 8.47. The molecule has 0 spiro atoms. The normalized spacial score (nSPS) is 10.5. The molecule has 0 heterocycles. The van der Waals surface area contributed by atoms with E-state index in [0.717, 1.165) is 0 Å². The summed E-state index contributed by atoms with van der Waals surface area (Å²) in [4.78, 5) is 11.1. The van der Waals surface area contributed by atoms with Crippen molar-refractivity contribution in [3.63, 3.8) is 0 Å². The van der Waals surface area contributed by atoms with Gasteiger partial charge in [-0.2, -0.15) is 0 Å². The molecule has 130 valence electrons. The second kappa shape index (κ2) is 17.1. The highest BCUT2D eigenvalue weighted by Crippen LogP contribution is 2.04. The van der Waals surface area contributed by atoms with Crippen LogP contribution in [0.1, 0.15) is 0 Å². The van der Waals surface area contributed by atoms with E-state index < -0.39 is 5.97 Å². The molecule has 0 bridgehead atoms. The summed E-state index contributed by atoms with van der Waals surface area (Å²) in [5.74, 6) is -0.500. The molecule has 0 aliphatic carbocycles. The van der Waals surface area contributed by atoms with Crippen LogP contribution in [-0.4, -0.2) is 77.1 Å². The average molecular weight is 356 g/mol. The molecule has 0 saturated heterocycles. The third kappa shape index (κ3) is 17.8. The standard InChI is InChI=1S/C13H24O7S2/c14-1-2-16-3-4-17-5-6-18-7-8-19-9-10-20-12(15)11-13(21)22/h11,14,21-22H,1-10H2. The molecule has 0 fully saturated rings. The summed E-state index contributed by atoms with van der Waals surface area (Å²) in [6.07, 6.45) is 1.17. The van der Waals surface area contributed by atoms with Crippen molar-refractivity contribution in [1.82, 2.24) is 0 Å². The van der Waals surface area contributed by atoms with Gasteiger partial charge < -0.3 is 28.8 Å². The predicted molar refractivity (Wildman–Crippen MR) is 87.4 cm³/mol. The van der Waals surface area contributed by atoms with Crippen molar-refractivity contribution >= 4 is 31.2 Å². The SMILES string of the molecule is O=C(C=C(S)S)OCCOCCOCCOCCOCCO. The van der Waals surface area contributed by atoms with Gasteiger partial charge in [0.15, 0.2) is 0 Å². The first-order valence-corrected chi connectivity index (χ1v) is 7.74. The molecular formula is C13H24O7S2. The maximum absolute atomic E-state index is 11.1. The summed E-state index contributed by atoms with van der Waals surface area (Å²) < 4.78 is 25.9. The van der Waals surface area contributed by atoms with E-state index in [9.17, 15) is 4.79 Å². The van der Waals surface area contributed by atoms with Crippen LogP contribution >= 0.6 is 25.3 Å². The summed E-state index contributed by atoms with van der Waals surface area (Å²) in [6, 6.07) is 0. The Bertz CT molecular complexity index is 296. The van der Waals surface area contributed by atoms with Gasteiger partial charge in [-0.3, -0.25) is 0 Å². The number of carbonyl (C=O) groups is 1. The van der Waals surface area contributed by atoms with E-state index in [0.29, 0.717) is 57.1 Å². The van der Waals surface area contributed by atoms with Crippen LogP contribution in [0.5, 0.6) is 0 Å². The average Bonchev–Trinajstić information content (AvgIpc) is 2.47. The highest BCUT2D eigenvalue weighted by Gasteiger charge is 1.98. The van der Waals surface area contributed by atoms with Gasteiger partial charge in [-0.15, -0.1) is 25.3 Å². The summed E-state index contributed by atoms with van der Waals surface area (Å²) in [5.41, 5.74) is 0. The third-order valence-corrected chi connectivity index (χ3v) is 2.33. The molecule has 9 heteroatoms. The third-order valence-electron chi connectivity index (χ3n) is 2.07. The molecule has 1 N–H and O–H groups in total. The summed E-state index contributed by atoms with van der Waals surface area (Å²) >= 11 is 7.67. The molecule has 0 aliphatic heterocycles. The molecule has 0 unspecified atom stereocenters. The Labute approximate surface area is 141 Å². The predicted octanol–water partition coefficient (Wildman–Crippen LogP) is 0.289. The number of esters is 1. The topological polar surface area (TPSA) is 83.5 Å². The molecule has 0 aromatic rings. The summed E-state index contributed by atoms with van der Waals surface area (Å²) in [6.45, 7) is 3.54. The first-order chi connectivity index (χ1) is 10.7. The number of thiol groups is 2. The van der Waals surface area contributed by atoms with Crippen LogP contribution in [0.25, 0.3) is 0 Å². The highest BCUT2D eigenvalue weighted by molar-refractivity contribution is 8.05. The van der Waals surface area contributed by atoms with Gasteiger partial charge in [0.25, 0.3) is 0 Å². The van der Waals surface area contributed by atoms with Gasteiger partial charge in [-0.05, 0) is 0 Å². The molecule has 0 aromatic carbocycles. The fraction of sp³-hybridized carbons (Fsp3) is 0.769. The van der Waals surface area contributed by atoms with Crippen LogP contribution in [-0.2, 0) is 28.5 Å². The van der Waals surface area contributed by atoms with Gasteiger partial charge in [-0.1, -0.05) is 0 Å². The fourth-order valence-electron chi connectivity index (χ4n) is 1.17. The number of carbonyl (C=O) groups excluding carboxylic acids is 1. The zero-order valence-electron chi connectivity index (χ0n) is 12.4. The smallest absolute Gasteiger partial charge is 0.332 e. The van der Waals surface area contributed by atoms with E-state index in [1.165, 1.54) is 6.08 Å². The molecule has 22 heavy (non-hydrogen) atoms. The number of hydrogen-bond acceptors (Lipinski definition) is 9. The molecule has 0 rings (SSSR count). The first-order valence-electron chi connectivity index (χ1n) is 6.85. The Morgan fingerprint density at radius 1 is 0.773 bits per heavy atom. The van der Waals surface area contributed by atoms with Crippen molar-refractivity contribution in [3.8, 4) is 0 Å². The zero-order valence-corrected chi connectivity index (χ0v) is 14.2. The number of ether oxygens (including phenoxy) is 5. The van der Waals surface area contributed by atoms with Gasteiger partial charge in [0.2, 0.25) is 0 Å². The van der Waals surface area contributed by atoms with E-state index in [2.05, 4.69) is 25.3 Å². The molecule has 0 aliphatic rings. The second-order valence-corrected chi connectivity index (χ2v) is 5.16. The van der Waals surface area contributed by atoms with E-state index in [1.807, 2.05) is 0 Å². The highest BCUT2D eigenvalue weighted by atomic mass is 32.2. The van der Waals surface area contributed by atoms with E-state index in [1.54, 1.807) is 0 Å². The quantitative estimate of drug-likeness (QED) is 0.168. The molecule has 0 amide bonds. The largest absolute Gasteiger partial charge is 0.460 e. The van der Waals surface area contributed by atoms with E-state index in [-0.39, 0.29) is 13.2 Å². The van der Waals surface area contributed by atoms with Crippen molar-refractivity contribution in [1.29, 1.82) is 0 Å². The minimum absolute atomic E-state index is 0.0183. The van der Waals surface area contributed by atoms with Crippen LogP contribution in [0.15, 0.2) is 10.3 Å². The summed E-state index contributed by atoms with van der Waals surface area (Å²) in [7, 11) is 0. The van der Waals surface area contributed by atoms with Crippen LogP contribution in [0, 0.1) is 0 Å². The first kappa shape index (κ1) is 21.7. The van der Waals surface area contributed by atoms with Crippen LogP contribution in [0.4, 0.5) is 0 Å². The lowest BCUT2D eigenvalue weighted by Crippen LogP contribution is -2.14. The van der Waals surface area contributed by atoms with Crippen LogP contribution in [0.3, 0.4) is 0 Å². The van der Waals surface area contributed by atoms with Crippen molar-refractivity contribution in [2.75, 3.05) is 66.1 Å². The molecule has 0 aromatic heterocycles. The van der Waals surface area contributed by atoms with Gasteiger partial charge in [-0.25, -0.2) is 4.79 Å². The lowest BCUT2D eigenvalue weighted by molar-refractivity contribution is -0.139. The van der Waals surface area contributed by atoms with Crippen molar-refractivity contribution in [3.05, 3.63) is 10.3 Å². The van der Waals surface area contributed by atoms with E-state index >= 15 is 0 Å². The van der Waals surface area contributed by atoms with Gasteiger partial charge in [0.1, 0.15) is 6.61 Å². The Hall–Kier alpha value is -0.290. The zero-order chi connectivity index (χ0) is 16.5. The van der Waals surface area contributed by atoms with Gasteiger partial charge >= 0.3 is 5.97 Å². The van der Waals surface area contributed by atoms with Crippen LogP contribution < -0.4 is 0 Å². The Kier molecular flexibility index (Phi) is 16.8. The lowest BCUT2D eigenvalue weighted by Gasteiger charge is -2.07. The lowest BCUT2D eigenvalue weighted by atomic mass is 10.6. The minimum atomic E-state index is -0.500. The fourth-order valence-corrected chi connectivity index (χ4v) is 1.39. The van der Waals surface area contributed by atoms with Crippen LogP contribution in [0.2, 0.25) is 0 Å². The van der Waals surface area contributed by atoms with Crippen molar-refractivity contribution in [2.24, 2.45) is 0 Å². The van der Waals surface area contributed by atoms with Gasteiger partial charge in [0, 0.05) is 10.3 Å². The maximum Gasteiger partial charge on any atom is 0.332 e. The number of aliphatic hydroxyl groups excluding tert-OH is 1. The van der Waals surface area contributed by atoms with E-state index in [4.69, 9.17) is 28.8 Å². The Morgan fingerprint density at radius 2 is 1.18 bits per heavy atom. The molecule has 0 radical (unpaired) electrons. The number of aliphatic hydroxyl groups is 1. The van der Waals surface area contributed by atoms with Crippen molar-refractivity contribution < 1.29 is 33.6 Å². The Balaban J connectivity index is 3.11.